The van der Waals surface area contributed by atoms with E-state index in [1.54, 1.807) is 0 Å². The van der Waals surface area contributed by atoms with Crippen LogP contribution in [-0.4, -0.2) is 20.4 Å². The number of phenols is 4. The van der Waals surface area contributed by atoms with Gasteiger partial charge in [0.2, 0.25) is 0 Å². The molecule has 0 spiro atoms. The summed E-state index contributed by atoms with van der Waals surface area (Å²) in [5, 5.41) is 41.2. The highest BCUT2D eigenvalue weighted by Crippen LogP contribution is 2.52. The van der Waals surface area contributed by atoms with Gasteiger partial charge in [-0.15, -0.1) is 0 Å². The van der Waals surface area contributed by atoms with Gasteiger partial charge in [-0.1, -0.05) is 106 Å². The third kappa shape index (κ3) is 6.92. The van der Waals surface area contributed by atoms with Gasteiger partial charge in [0.15, 0.2) is 0 Å². The molecule has 0 amide bonds. The molecular formula is C42H50O4. The zero-order chi connectivity index (χ0) is 32.0. The van der Waals surface area contributed by atoms with Gasteiger partial charge in [0, 0.05) is 10.8 Å². The molecule has 242 valence electrons. The molecule has 0 bridgehead atoms. The Labute approximate surface area is 274 Å². The fraction of sp³-hybridized carbons (Fsp3) is 0.429. The molecular weight excluding hydrogens is 568 g/mol. The minimum atomic E-state index is -0.273. The number of benzene rings is 4. The Morgan fingerprint density at radius 1 is 0.348 bits per heavy atom. The molecule has 4 aromatic rings. The van der Waals surface area contributed by atoms with Crippen molar-refractivity contribution in [3.8, 4) is 23.0 Å². The molecule has 2 saturated carbocycles. The maximum Gasteiger partial charge on any atom is 0.115 e. The lowest BCUT2D eigenvalue weighted by molar-refractivity contribution is 0.207. The molecule has 1 unspecified atom stereocenters. The van der Waals surface area contributed by atoms with Crippen molar-refractivity contribution >= 4 is 0 Å². The molecule has 6 rings (SSSR count). The van der Waals surface area contributed by atoms with Gasteiger partial charge in [-0.25, -0.2) is 0 Å². The normalized spacial score (nSPS) is 21.1. The van der Waals surface area contributed by atoms with Gasteiger partial charge in [0.05, 0.1) is 0 Å². The second-order valence-electron chi connectivity index (χ2n) is 14.2. The molecule has 4 aromatic carbocycles. The van der Waals surface area contributed by atoms with Crippen LogP contribution in [0.25, 0.3) is 0 Å². The van der Waals surface area contributed by atoms with Gasteiger partial charge in [-0.05, 0) is 115 Å². The smallest absolute Gasteiger partial charge is 0.115 e. The largest absolute Gasteiger partial charge is 0.508 e. The Bertz CT molecular complexity index is 1420. The number of rotatable bonds is 5. The summed E-state index contributed by atoms with van der Waals surface area (Å²) in [4.78, 5) is 0. The summed E-state index contributed by atoms with van der Waals surface area (Å²) in [5.74, 6) is 2.21. The third-order valence-electron chi connectivity index (χ3n) is 11.5. The molecule has 4 heteroatoms. The molecule has 1 atom stereocenters. The average Bonchev–Trinajstić information content (AvgIpc) is 3.26. The topological polar surface area (TPSA) is 80.9 Å². The van der Waals surface area contributed by atoms with E-state index in [9.17, 15) is 20.4 Å². The summed E-state index contributed by atoms with van der Waals surface area (Å²) in [5.41, 5.74) is 4.34. The summed E-state index contributed by atoms with van der Waals surface area (Å²) in [6, 6.07) is 31.5. The lowest BCUT2D eigenvalue weighted by atomic mass is 9.63. The number of hydrogen-bond donors (Lipinski definition) is 4. The lowest BCUT2D eigenvalue weighted by Gasteiger charge is -2.41. The molecule has 0 radical (unpaired) electrons. The molecule has 46 heavy (non-hydrogen) atoms. The van der Waals surface area contributed by atoms with Gasteiger partial charge in [0.25, 0.3) is 0 Å². The van der Waals surface area contributed by atoms with E-state index in [0.29, 0.717) is 11.8 Å². The summed E-state index contributed by atoms with van der Waals surface area (Å²) < 4.78 is 0. The summed E-state index contributed by atoms with van der Waals surface area (Å²) in [6.07, 6.45) is 16.3. The van der Waals surface area contributed by atoms with Crippen LogP contribution in [0.3, 0.4) is 0 Å². The van der Waals surface area contributed by atoms with Crippen molar-refractivity contribution < 1.29 is 20.4 Å². The maximum atomic E-state index is 10.3. The van der Waals surface area contributed by atoms with Gasteiger partial charge in [0.1, 0.15) is 23.0 Å². The second-order valence-corrected chi connectivity index (χ2v) is 14.2. The van der Waals surface area contributed by atoms with Gasteiger partial charge in [-0.3, -0.25) is 0 Å². The Kier molecular flexibility index (Phi) is 9.92. The fourth-order valence-electron chi connectivity index (χ4n) is 9.00. The highest BCUT2D eigenvalue weighted by molar-refractivity contribution is 5.46. The third-order valence-corrected chi connectivity index (χ3v) is 11.5. The van der Waals surface area contributed by atoms with E-state index in [2.05, 4.69) is 48.5 Å². The van der Waals surface area contributed by atoms with E-state index in [0.717, 1.165) is 38.5 Å². The first-order chi connectivity index (χ1) is 22.4. The van der Waals surface area contributed by atoms with E-state index in [1.165, 1.54) is 73.6 Å². The highest BCUT2D eigenvalue weighted by atomic mass is 16.3. The van der Waals surface area contributed by atoms with E-state index < -0.39 is 0 Å². The monoisotopic (exact) mass is 618 g/mol. The first-order valence-electron chi connectivity index (χ1n) is 17.6. The molecule has 0 aromatic heterocycles. The quantitative estimate of drug-likeness (QED) is 0.179. The molecule has 2 aliphatic carbocycles. The molecule has 0 aliphatic heterocycles. The Morgan fingerprint density at radius 3 is 1.11 bits per heavy atom. The van der Waals surface area contributed by atoms with Crippen LogP contribution in [-0.2, 0) is 10.8 Å². The van der Waals surface area contributed by atoms with Crippen LogP contribution < -0.4 is 0 Å². The van der Waals surface area contributed by atoms with Crippen molar-refractivity contribution in [1.82, 2.24) is 0 Å². The predicted octanol–water partition coefficient (Wildman–Crippen LogP) is 10.5. The van der Waals surface area contributed by atoms with Crippen molar-refractivity contribution in [3.63, 3.8) is 0 Å². The van der Waals surface area contributed by atoms with Gasteiger partial charge < -0.3 is 20.4 Å². The minimum absolute atomic E-state index is 0.266. The maximum absolute atomic E-state index is 10.3. The fourth-order valence-corrected chi connectivity index (χ4v) is 9.00. The first kappa shape index (κ1) is 32.0. The van der Waals surface area contributed by atoms with Crippen molar-refractivity contribution in [2.45, 2.75) is 101 Å². The standard InChI is InChI=1S/C42H50O4/c43-37-18-10-33(11-19-37)41(34-12-20-38(44)21-13-34)27-7-28-42(35-14-22-39(45)23-15-35,36-16-24-40(46)25-17-36)30-32(26-29-41)31-8-5-3-1-2-4-6-9-31/h10-25,31-32,43-46H,1-9,26-30H2. The van der Waals surface area contributed by atoms with Crippen LogP contribution in [0.1, 0.15) is 112 Å². The van der Waals surface area contributed by atoms with Crippen molar-refractivity contribution in [2.75, 3.05) is 0 Å². The minimum Gasteiger partial charge on any atom is -0.508 e. The van der Waals surface area contributed by atoms with Gasteiger partial charge >= 0.3 is 0 Å². The van der Waals surface area contributed by atoms with Crippen LogP contribution in [0.2, 0.25) is 0 Å². The molecule has 4 nitrogen and oxygen atoms in total. The number of hydrogen-bond acceptors (Lipinski definition) is 4. The highest BCUT2D eigenvalue weighted by Gasteiger charge is 2.43. The van der Waals surface area contributed by atoms with Crippen LogP contribution >= 0.6 is 0 Å². The van der Waals surface area contributed by atoms with Crippen LogP contribution in [0.5, 0.6) is 23.0 Å². The zero-order valence-electron chi connectivity index (χ0n) is 27.1. The summed E-state index contributed by atoms with van der Waals surface area (Å²) in [7, 11) is 0. The molecule has 2 aliphatic rings. The van der Waals surface area contributed by atoms with Crippen molar-refractivity contribution in [2.24, 2.45) is 11.8 Å². The summed E-state index contributed by atoms with van der Waals surface area (Å²) >= 11 is 0. The van der Waals surface area contributed by atoms with Gasteiger partial charge in [-0.2, -0.15) is 0 Å². The Balaban J connectivity index is 1.51. The number of aromatic hydroxyl groups is 4. The SMILES string of the molecule is Oc1ccc(C2(c3ccc(O)cc3)CCCC(c3ccc(O)cc3)(c3ccc(O)cc3)CC(C3CCCCCCCC3)CC2)cc1. The van der Waals surface area contributed by atoms with Crippen molar-refractivity contribution in [3.05, 3.63) is 119 Å². The number of phenolic OH excluding ortho intramolecular Hbond substituents is 4. The molecule has 0 heterocycles. The predicted molar refractivity (Wildman–Crippen MR) is 186 cm³/mol. The molecule has 2 fully saturated rings. The lowest BCUT2D eigenvalue weighted by Crippen LogP contribution is -2.33. The zero-order valence-corrected chi connectivity index (χ0v) is 27.1. The van der Waals surface area contributed by atoms with E-state index in [4.69, 9.17) is 0 Å². The second kappa shape index (κ2) is 14.2. The van der Waals surface area contributed by atoms with Crippen LogP contribution in [0.15, 0.2) is 97.1 Å². The average molecular weight is 619 g/mol. The summed E-state index contributed by atoms with van der Waals surface area (Å²) in [6.45, 7) is 0. The van der Waals surface area contributed by atoms with Crippen LogP contribution in [0.4, 0.5) is 0 Å². The molecule has 4 N–H and O–H groups in total. The molecule has 0 saturated heterocycles. The Morgan fingerprint density at radius 2 is 0.696 bits per heavy atom. The van der Waals surface area contributed by atoms with E-state index in [-0.39, 0.29) is 33.8 Å². The van der Waals surface area contributed by atoms with E-state index in [1.807, 2.05) is 48.5 Å². The van der Waals surface area contributed by atoms with Crippen molar-refractivity contribution in [1.29, 1.82) is 0 Å². The Hall–Kier alpha value is -3.92. The first-order valence-corrected chi connectivity index (χ1v) is 17.6. The van der Waals surface area contributed by atoms with E-state index >= 15 is 0 Å². The van der Waals surface area contributed by atoms with Crippen LogP contribution in [0, 0.1) is 11.8 Å².